The summed E-state index contributed by atoms with van der Waals surface area (Å²) in [5.74, 6) is -0.268. The highest BCUT2D eigenvalue weighted by Gasteiger charge is 2.30. The fraction of sp³-hybridized carbons (Fsp3) is 0.615. The molecule has 1 saturated heterocycles. The molecule has 1 aliphatic rings. The molecule has 0 aliphatic carbocycles. The number of quaternary nitrogens is 1. The van der Waals surface area contributed by atoms with Gasteiger partial charge in [-0.3, -0.25) is 14.9 Å². The summed E-state index contributed by atoms with van der Waals surface area (Å²) in [7, 11) is 0. The second-order valence-electron chi connectivity index (χ2n) is 4.86. The predicted octanol–water partition coefficient (Wildman–Crippen LogP) is -0.0604. The van der Waals surface area contributed by atoms with Gasteiger partial charge in [-0.2, -0.15) is 0 Å². The maximum absolute atomic E-state index is 11.9. The zero-order valence-corrected chi connectivity index (χ0v) is 12.4. The number of thiazole rings is 1. The molecule has 1 aromatic rings. The average Bonchev–Trinajstić information content (AvgIpc) is 2.92. The first-order valence-electron chi connectivity index (χ1n) is 6.88. The fourth-order valence-electron chi connectivity index (χ4n) is 2.45. The van der Waals surface area contributed by atoms with Gasteiger partial charge in [-0.15, -0.1) is 11.3 Å². The molecule has 1 unspecified atom stereocenters. The number of aromatic nitrogens is 1. The quantitative estimate of drug-likeness (QED) is 0.747. The Bertz CT molecular complexity index is 450. The van der Waals surface area contributed by atoms with Crippen LogP contribution in [0.5, 0.6) is 0 Å². The Kier molecular flexibility index (Phi) is 5.49. The van der Waals surface area contributed by atoms with Gasteiger partial charge in [0.05, 0.1) is 19.7 Å². The highest BCUT2D eigenvalue weighted by atomic mass is 32.1. The zero-order valence-electron chi connectivity index (χ0n) is 11.6. The Hall–Kier alpha value is -1.47. The number of anilines is 1. The normalized spacial score (nSPS) is 22.2. The summed E-state index contributed by atoms with van der Waals surface area (Å²) < 4.78 is 5.06. The lowest BCUT2D eigenvalue weighted by molar-refractivity contribution is -0.899. The van der Waals surface area contributed by atoms with Crippen molar-refractivity contribution in [3.05, 3.63) is 11.6 Å². The largest absolute Gasteiger partial charge is 0.466 e. The number of carbonyl (C=O) groups excluding carboxylic acids is 2. The van der Waals surface area contributed by atoms with Crippen LogP contribution in [0.1, 0.15) is 19.8 Å². The molecule has 2 rings (SSSR count). The van der Waals surface area contributed by atoms with E-state index >= 15 is 0 Å². The molecule has 0 bridgehead atoms. The molecular formula is C13H20N3O3S+. The molecule has 0 aromatic carbocycles. The standard InChI is InChI=1S/C13H19N3O3S/c1-2-19-12(18)10-4-3-6-16(8-10)9-11(17)15-13-14-5-7-20-13/h5,7,10H,2-4,6,8-9H2,1H3,(H,14,15,17)/p+1/t10-/m0/s1. The molecule has 2 N–H and O–H groups in total. The molecule has 20 heavy (non-hydrogen) atoms. The number of nitrogens with zero attached hydrogens (tertiary/aromatic N) is 1. The monoisotopic (exact) mass is 298 g/mol. The third-order valence-electron chi connectivity index (χ3n) is 3.33. The van der Waals surface area contributed by atoms with Crippen LogP contribution in [-0.4, -0.2) is 43.1 Å². The van der Waals surface area contributed by atoms with E-state index in [0.717, 1.165) is 24.3 Å². The number of piperidine rings is 1. The number of ether oxygens (including phenoxy) is 1. The van der Waals surface area contributed by atoms with Crippen molar-refractivity contribution in [2.75, 3.05) is 31.6 Å². The number of hydrogen-bond acceptors (Lipinski definition) is 5. The van der Waals surface area contributed by atoms with Crippen molar-refractivity contribution >= 4 is 28.3 Å². The first kappa shape index (κ1) is 14.9. The summed E-state index contributed by atoms with van der Waals surface area (Å²) in [5.41, 5.74) is 0. The maximum Gasteiger partial charge on any atom is 0.314 e. The highest BCUT2D eigenvalue weighted by molar-refractivity contribution is 7.13. The molecule has 0 spiro atoms. The van der Waals surface area contributed by atoms with Gasteiger partial charge in [0.25, 0.3) is 5.91 Å². The smallest absolute Gasteiger partial charge is 0.314 e. The summed E-state index contributed by atoms with van der Waals surface area (Å²) >= 11 is 1.40. The minimum Gasteiger partial charge on any atom is -0.466 e. The Labute approximate surface area is 122 Å². The lowest BCUT2D eigenvalue weighted by Crippen LogP contribution is -3.14. The molecule has 110 valence electrons. The van der Waals surface area contributed by atoms with Crippen LogP contribution in [0.25, 0.3) is 0 Å². The predicted molar refractivity (Wildman–Crippen MR) is 75.7 cm³/mol. The van der Waals surface area contributed by atoms with E-state index in [1.807, 2.05) is 12.3 Å². The first-order chi connectivity index (χ1) is 9.69. The van der Waals surface area contributed by atoms with Crippen molar-refractivity contribution in [2.24, 2.45) is 5.92 Å². The molecule has 1 amide bonds. The summed E-state index contributed by atoms with van der Waals surface area (Å²) in [6.45, 7) is 4.18. The van der Waals surface area contributed by atoms with Gasteiger partial charge in [0, 0.05) is 11.6 Å². The van der Waals surface area contributed by atoms with Gasteiger partial charge in [-0.05, 0) is 19.8 Å². The van der Waals surface area contributed by atoms with Crippen LogP contribution in [0.4, 0.5) is 5.13 Å². The van der Waals surface area contributed by atoms with E-state index in [9.17, 15) is 9.59 Å². The minimum absolute atomic E-state index is 0.0561. The molecule has 2 heterocycles. The first-order valence-corrected chi connectivity index (χ1v) is 7.76. The maximum atomic E-state index is 11.9. The molecule has 0 radical (unpaired) electrons. The van der Waals surface area contributed by atoms with Crippen LogP contribution in [0, 0.1) is 5.92 Å². The van der Waals surface area contributed by atoms with Crippen molar-refractivity contribution in [1.82, 2.24) is 4.98 Å². The van der Waals surface area contributed by atoms with Crippen LogP contribution in [0.15, 0.2) is 11.6 Å². The number of carbonyl (C=O) groups is 2. The van der Waals surface area contributed by atoms with E-state index in [1.54, 1.807) is 6.20 Å². The number of hydrogen-bond donors (Lipinski definition) is 2. The third kappa shape index (κ3) is 4.28. The molecule has 7 heteroatoms. The van der Waals surface area contributed by atoms with Gasteiger partial charge in [0.1, 0.15) is 5.92 Å². The molecular weight excluding hydrogens is 278 g/mol. The minimum atomic E-state index is -0.134. The number of esters is 1. The van der Waals surface area contributed by atoms with E-state index in [0.29, 0.717) is 24.8 Å². The van der Waals surface area contributed by atoms with E-state index in [4.69, 9.17) is 4.74 Å². The molecule has 0 saturated carbocycles. The Morgan fingerprint density at radius 3 is 3.15 bits per heavy atom. The van der Waals surface area contributed by atoms with Crippen molar-refractivity contribution in [2.45, 2.75) is 19.8 Å². The lowest BCUT2D eigenvalue weighted by Gasteiger charge is -2.28. The summed E-state index contributed by atoms with van der Waals surface area (Å²) in [6, 6.07) is 0. The van der Waals surface area contributed by atoms with Gasteiger partial charge >= 0.3 is 5.97 Å². The Morgan fingerprint density at radius 2 is 2.45 bits per heavy atom. The summed E-state index contributed by atoms with van der Waals surface area (Å²) in [5, 5.41) is 5.21. The Balaban J connectivity index is 1.80. The van der Waals surface area contributed by atoms with Crippen LogP contribution in [-0.2, 0) is 14.3 Å². The van der Waals surface area contributed by atoms with Crippen molar-refractivity contribution in [3.8, 4) is 0 Å². The number of rotatable bonds is 5. The zero-order chi connectivity index (χ0) is 14.4. The van der Waals surface area contributed by atoms with Crippen LogP contribution < -0.4 is 10.2 Å². The second kappa shape index (κ2) is 7.35. The van der Waals surface area contributed by atoms with E-state index in [2.05, 4.69) is 10.3 Å². The van der Waals surface area contributed by atoms with Crippen LogP contribution in [0.3, 0.4) is 0 Å². The van der Waals surface area contributed by atoms with Crippen molar-refractivity contribution in [1.29, 1.82) is 0 Å². The van der Waals surface area contributed by atoms with Crippen LogP contribution >= 0.6 is 11.3 Å². The topological polar surface area (TPSA) is 72.7 Å². The van der Waals surface area contributed by atoms with Crippen molar-refractivity contribution < 1.29 is 19.2 Å². The third-order valence-corrected chi connectivity index (χ3v) is 4.02. The number of amides is 1. The average molecular weight is 298 g/mol. The SMILES string of the molecule is CCOC(=O)[C@H]1CCC[NH+](CC(=O)Nc2nccs2)C1. The van der Waals surface area contributed by atoms with Crippen LogP contribution in [0.2, 0.25) is 0 Å². The van der Waals surface area contributed by atoms with Crippen molar-refractivity contribution in [3.63, 3.8) is 0 Å². The fourth-order valence-corrected chi connectivity index (χ4v) is 2.99. The lowest BCUT2D eigenvalue weighted by atomic mass is 9.98. The molecule has 1 fully saturated rings. The van der Waals surface area contributed by atoms with Gasteiger partial charge in [0.15, 0.2) is 11.7 Å². The van der Waals surface area contributed by atoms with Gasteiger partial charge in [0.2, 0.25) is 0 Å². The number of nitrogens with one attached hydrogen (secondary N) is 2. The number of likely N-dealkylation sites (tertiary alicyclic amines) is 1. The molecule has 1 aromatic heterocycles. The molecule has 1 aliphatic heterocycles. The van der Waals surface area contributed by atoms with Gasteiger partial charge in [-0.1, -0.05) is 0 Å². The van der Waals surface area contributed by atoms with E-state index in [1.165, 1.54) is 11.3 Å². The Morgan fingerprint density at radius 1 is 1.60 bits per heavy atom. The van der Waals surface area contributed by atoms with E-state index < -0.39 is 0 Å². The second-order valence-corrected chi connectivity index (χ2v) is 5.75. The summed E-state index contributed by atoms with van der Waals surface area (Å²) in [4.78, 5) is 28.8. The molecule has 6 nitrogen and oxygen atoms in total. The van der Waals surface area contributed by atoms with E-state index in [-0.39, 0.29) is 17.8 Å². The molecule has 2 atom stereocenters. The van der Waals surface area contributed by atoms with Gasteiger partial charge in [-0.25, -0.2) is 4.98 Å². The highest BCUT2D eigenvalue weighted by Crippen LogP contribution is 2.10. The summed E-state index contributed by atoms with van der Waals surface area (Å²) in [6.07, 6.45) is 3.46. The van der Waals surface area contributed by atoms with Gasteiger partial charge < -0.3 is 9.64 Å².